The van der Waals surface area contributed by atoms with Crippen LogP contribution in [0.4, 0.5) is 0 Å². The Kier molecular flexibility index (Phi) is 5.70. The van der Waals surface area contributed by atoms with Crippen LogP contribution >= 0.6 is 0 Å². The molecule has 0 amide bonds. The quantitative estimate of drug-likeness (QED) is 0.293. The number of aliphatic hydroxyl groups excluding tert-OH is 6. The Morgan fingerprint density at radius 3 is 2.00 bits per heavy atom. The van der Waals surface area contributed by atoms with Gasteiger partial charge >= 0.3 is 0 Å². The predicted octanol–water partition coefficient (Wildman–Crippen LogP) is -3.84. The van der Waals surface area contributed by atoms with Crippen LogP contribution in [0.25, 0.3) is 0 Å². The van der Waals surface area contributed by atoms with E-state index in [9.17, 15) is 15.3 Å². The average molecular weight is 254 g/mol. The van der Waals surface area contributed by atoms with E-state index in [0.717, 1.165) is 0 Å². The van der Waals surface area contributed by atoms with E-state index in [1.807, 2.05) is 0 Å². The fourth-order valence-electron chi connectivity index (χ4n) is 1.51. The van der Waals surface area contributed by atoms with Crippen molar-refractivity contribution in [3.63, 3.8) is 0 Å². The van der Waals surface area contributed by atoms with Gasteiger partial charge in [0.2, 0.25) is 0 Å². The normalized spacial score (nSPS) is 38.6. The minimum atomic E-state index is -1.54. The molecule has 1 heterocycles. The molecule has 102 valence electrons. The highest BCUT2D eigenvalue weighted by Crippen LogP contribution is 2.22. The Labute approximate surface area is 97.6 Å². The number of aliphatic hydroxyl groups is 6. The first-order valence-electron chi connectivity index (χ1n) is 5.22. The van der Waals surface area contributed by atoms with Crippen LogP contribution in [0.2, 0.25) is 0 Å². The minimum Gasteiger partial charge on any atom is -0.394 e. The third-order valence-corrected chi connectivity index (χ3v) is 2.58. The van der Waals surface area contributed by atoms with Crippen molar-refractivity contribution in [3.05, 3.63) is 0 Å². The molecule has 1 aliphatic rings. The lowest BCUT2D eigenvalue weighted by atomic mass is 9.99. The van der Waals surface area contributed by atoms with Gasteiger partial charge in [0.1, 0.15) is 30.5 Å². The minimum absolute atomic E-state index is 0.495. The summed E-state index contributed by atoms with van der Waals surface area (Å²) >= 11 is 0. The molecule has 1 fully saturated rings. The molecule has 17 heavy (non-hydrogen) atoms. The van der Waals surface area contributed by atoms with Crippen LogP contribution in [0, 0.1) is 0 Å². The zero-order valence-electron chi connectivity index (χ0n) is 9.09. The van der Waals surface area contributed by atoms with Gasteiger partial charge in [-0.05, 0) is 0 Å². The van der Waals surface area contributed by atoms with E-state index in [1.54, 1.807) is 0 Å². The van der Waals surface area contributed by atoms with Crippen LogP contribution in [0.1, 0.15) is 0 Å². The maximum atomic E-state index is 9.56. The van der Waals surface area contributed by atoms with E-state index in [2.05, 4.69) is 0 Å². The lowest BCUT2D eigenvalue weighted by Gasteiger charge is -2.40. The van der Waals surface area contributed by atoms with Crippen molar-refractivity contribution in [2.75, 3.05) is 19.8 Å². The Morgan fingerprint density at radius 1 is 0.941 bits per heavy atom. The largest absolute Gasteiger partial charge is 0.394 e. The molecule has 5 atom stereocenters. The third kappa shape index (κ3) is 3.33. The van der Waals surface area contributed by atoms with Gasteiger partial charge in [-0.1, -0.05) is 0 Å². The van der Waals surface area contributed by atoms with Crippen LogP contribution < -0.4 is 0 Å². The van der Waals surface area contributed by atoms with Gasteiger partial charge < -0.3 is 40.1 Å². The molecule has 6 N–H and O–H groups in total. The van der Waals surface area contributed by atoms with Gasteiger partial charge in [0.15, 0.2) is 6.29 Å². The molecule has 8 nitrogen and oxygen atoms in total. The lowest BCUT2D eigenvalue weighted by molar-refractivity contribution is -0.315. The van der Waals surface area contributed by atoms with Gasteiger partial charge in [-0.25, -0.2) is 0 Å². The summed E-state index contributed by atoms with van der Waals surface area (Å²) in [5, 5.41) is 55.0. The topological polar surface area (TPSA) is 140 Å². The van der Waals surface area contributed by atoms with Crippen LogP contribution in [0.5, 0.6) is 0 Å². The molecule has 0 spiro atoms. The molecule has 0 aromatic carbocycles. The molecule has 0 aromatic rings. The predicted molar refractivity (Wildman–Crippen MR) is 52.8 cm³/mol. The molecular weight excluding hydrogens is 236 g/mol. The first-order valence-corrected chi connectivity index (χ1v) is 5.22. The zero-order chi connectivity index (χ0) is 13.0. The van der Waals surface area contributed by atoms with Crippen molar-refractivity contribution in [2.24, 2.45) is 0 Å². The molecule has 1 rings (SSSR count). The smallest absolute Gasteiger partial charge is 0.187 e. The second-order valence-electron chi connectivity index (χ2n) is 3.82. The fourth-order valence-corrected chi connectivity index (χ4v) is 1.51. The fraction of sp³-hybridized carbons (Fsp3) is 1.00. The van der Waals surface area contributed by atoms with Crippen LogP contribution in [-0.4, -0.2) is 87.3 Å². The van der Waals surface area contributed by atoms with Crippen molar-refractivity contribution in [1.82, 2.24) is 0 Å². The number of hydrogen-bond acceptors (Lipinski definition) is 8. The van der Waals surface area contributed by atoms with Gasteiger partial charge in [-0.15, -0.1) is 0 Å². The molecule has 1 aliphatic heterocycles. The molecule has 0 saturated carbocycles. The SMILES string of the molecule is OCC(CO)O[C@@H]1O[C@H](CO)[C@H](O)[C@H](O)[C@H]1O. The molecule has 1 saturated heterocycles. The molecular formula is C9H18O8. The first kappa shape index (κ1) is 14.7. The van der Waals surface area contributed by atoms with Gasteiger partial charge in [-0.3, -0.25) is 0 Å². The van der Waals surface area contributed by atoms with Gasteiger partial charge in [0, 0.05) is 0 Å². The average Bonchev–Trinajstić information content (AvgIpc) is 2.35. The molecule has 0 radical (unpaired) electrons. The summed E-state index contributed by atoms with van der Waals surface area (Å²) in [7, 11) is 0. The zero-order valence-corrected chi connectivity index (χ0v) is 9.09. The van der Waals surface area contributed by atoms with Crippen LogP contribution in [0.15, 0.2) is 0 Å². The van der Waals surface area contributed by atoms with Crippen molar-refractivity contribution in [3.8, 4) is 0 Å². The van der Waals surface area contributed by atoms with Crippen molar-refractivity contribution >= 4 is 0 Å². The Hall–Kier alpha value is -0.320. The monoisotopic (exact) mass is 254 g/mol. The Bertz CT molecular complexity index is 217. The van der Waals surface area contributed by atoms with E-state index in [0.29, 0.717) is 0 Å². The van der Waals surface area contributed by atoms with Crippen molar-refractivity contribution < 1.29 is 40.1 Å². The summed E-state index contributed by atoms with van der Waals surface area (Å²) in [5.41, 5.74) is 0. The lowest BCUT2D eigenvalue weighted by Crippen LogP contribution is -2.60. The van der Waals surface area contributed by atoms with E-state index in [-0.39, 0.29) is 0 Å². The highest BCUT2D eigenvalue weighted by atomic mass is 16.7. The van der Waals surface area contributed by atoms with Gasteiger partial charge in [0.05, 0.1) is 19.8 Å². The maximum absolute atomic E-state index is 9.56. The van der Waals surface area contributed by atoms with E-state index in [1.165, 1.54) is 0 Å². The summed E-state index contributed by atoms with van der Waals surface area (Å²) < 4.78 is 10.0. The highest BCUT2D eigenvalue weighted by molar-refractivity contribution is 4.89. The summed E-state index contributed by atoms with van der Waals surface area (Å²) in [4.78, 5) is 0. The summed E-state index contributed by atoms with van der Waals surface area (Å²) in [6.45, 7) is -1.55. The van der Waals surface area contributed by atoms with E-state index < -0.39 is 56.6 Å². The van der Waals surface area contributed by atoms with Crippen molar-refractivity contribution in [2.45, 2.75) is 36.8 Å². The van der Waals surface area contributed by atoms with Gasteiger partial charge in [0.25, 0.3) is 0 Å². The van der Waals surface area contributed by atoms with E-state index >= 15 is 0 Å². The van der Waals surface area contributed by atoms with Crippen molar-refractivity contribution in [1.29, 1.82) is 0 Å². The maximum Gasteiger partial charge on any atom is 0.187 e. The van der Waals surface area contributed by atoms with E-state index in [4.69, 9.17) is 24.8 Å². The number of ether oxygens (including phenoxy) is 2. The molecule has 8 heteroatoms. The standard InChI is InChI=1S/C9H18O8/c10-1-4(2-11)16-9-8(15)7(14)6(13)5(3-12)17-9/h4-15H,1-3H2/t5-,6+,7+,8-,9-/m1/s1. The highest BCUT2D eigenvalue weighted by Gasteiger charge is 2.44. The number of hydrogen-bond donors (Lipinski definition) is 6. The van der Waals surface area contributed by atoms with Gasteiger partial charge in [-0.2, -0.15) is 0 Å². The molecule has 0 bridgehead atoms. The van der Waals surface area contributed by atoms with Crippen LogP contribution in [0.3, 0.4) is 0 Å². The third-order valence-electron chi connectivity index (χ3n) is 2.58. The second kappa shape index (κ2) is 6.57. The number of rotatable bonds is 5. The Morgan fingerprint density at radius 2 is 1.53 bits per heavy atom. The molecule has 0 aliphatic carbocycles. The summed E-state index contributed by atoms with van der Waals surface area (Å²) in [6.07, 6.45) is -7.92. The van der Waals surface area contributed by atoms with Crippen LogP contribution in [-0.2, 0) is 9.47 Å². The molecule has 0 aromatic heterocycles. The summed E-state index contributed by atoms with van der Waals surface area (Å²) in [5.74, 6) is 0. The summed E-state index contributed by atoms with van der Waals surface area (Å²) in [6, 6.07) is 0. The first-order chi connectivity index (χ1) is 8.04. The Balaban J connectivity index is 2.65. The molecule has 0 unspecified atom stereocenters. The second-order valence-corrected chi connectivity index (χ2v) is 3.82.